The fourth-order valence-corrected chi connectivity index (χ4v) is 4.55. The highest BCUT2D eigenvalue weighted by atomic mass is 35.5. The van der Waals surface area contributed by atoms with Crippen molar-refractivity contribution >= 4 is 57.9 Å². The molecule has 0 radical (unpaired) electrons. The van der Waals surface area contributed by atoms with Gasteiger partial charge in [0.05, 0.1) is 16.5 Å². The normalized spacial score (nSPS) is 14.1. The van der Waals surface area contributed by atoms with Crippen molar-refractivity contribution in [2.45, 2.75) is 19.4 Å². The van der Waals surface area contributed by atoms with Gasteiger partial charge in [0.1, 0.15) is 0 Å². The maximum absolute atomic E-state index is 13.0. The number of benzene rings is 2. The summed E-state index contributed by atoms with van der Waals surface area (Å²) in [4.78, 5) is 29.8. The molecule has 3 amide bonds. The van der Waals surface area contributed by atoms with Crippen LogP contribution in [0.1, 0.15) is 16.9 Å². The van der Waals surface area contributed by atoms with E-state index in [1.807, 2.05) is 47.8 Å². The van der Waals surface area contributed by atoms with Crippen LogP contribution in [0.5, 0.6) is 0 Å². The van der Waals surface area contributed by atoms with Gasteiger partial charge in [0.2, 0.25) is 5.91 Å². The van der Waals surface area contributed by atoms with Gasteiger partial charge in [-0.25, -0.2) is 4.79 Å². The standard InChI is InChI=1S/C23H21Cl2N3O2S/c24-20-9-4-16(13-21(20)25)15-27-10-2-11-28(23(27)30)18-7-5-17(6-8-18)26-22(29)14-19-3-1-12-31-19/h1,3-9,12-13H,2,10-11,14-15H2,(H,26,29). The minimum Gasteiger partial charge on any atom is -0.326 e. The molecule has 8 heteroatoms. The van der Waals surface area contributed by atoms with Crippen LogP contribution >= 0.6 is 34.5 Å². The Morgan fingerprint density at radius 3 is 2.55 bits per heavy atom. The monoisotopic (exact) mass is 473 g/mol. The van der Waals surface area contributed by atoms with Crippen LogP contribution in [0, 0.1) is 0 Å². The Labute approximate surface area is 195 Å². The van der Waals surface area contributed by atoms with Crippen molar-refractivity contribution in [3.8, 4) is 0 Å². The predicted molar refractivity (Wildman–Crippen MR) is 127 cm³/mol. The van der Waals surface area contributed by atoms with Crippen molar-refractivity contribution in [2.75, 3.05) is 23.3 Å². The zero-order chi connectivity index (χ0) is 21.8. The highest BCUT2D eigenvalue weighted by Crippen LogP contribution is 2.26. The molecular weight excluding hydrogens is 453 g/mol. The first-order chi connectivity index (χ1) is 15.0. The number of anilines is 2. The van der Waals surface area contributed by atoms with Crippen LogP contribution in [0.4, 0.5) is 16.2 Å². The molecule has 1 aliphatic heterocycles. The molecule has 0 aliphatic carbocycles. The first-order valence-electron chi connectivity index (χ1n) is 9.92. The van der Waals surface area contributed by atoms with E-state index in [-0.39, 0.29) is 11.9 Å². The van der Waals surface area contributed by atoms with E-state index in [1.165, 1.54) is 0 Å². The largest absolute Gasteiger partial charge is 0.326 e. The quantitative estimate of drug-likeness (QED) is 0.472. The van der Waals surface area contributed by atoms with Gasteiger partial charge in [0.15, 0.2) is 0 Å². The number of rotatable bonds is 6. The number of carbonyl (C=O) groups is 2. The van der Waals surface area contributed by atoms with Crippen LogP contribution < -0.4 is 10.2 Å². The first-order valence-corrected chi connectivity index (χ1v) is 11.6. The molecule has 2 heterocycles. The minimum absolute atomic E-state index is 0.0493. The molecule has 1 N–H and O–H groups in total. The summed E-state index contributed by atoms with van der Waals surface area (Å²) in [6.45, 7) is 1.82. The SMILES string of the molecule is O=C(Cc1cccs1)Nc1ccc(N2CCCN(Cc3ccc(Cl)c(Cl)c3)C2=O)cc1. The Morgan fingerprint density at radius 1 is 1.03 bits per heavy atom. The lowest BCUT2D eigenvalue weighted by Gasteiger charge is -2.35. The highest BCUT2D eigenvalue weighted by Gasteiger charge is 2.27. The molecule has 1 fully saturated rings. The fraction of sp³-hybridized carbons (Fsp3) is 0.217. The van der Waals surface area contributed by atoms with E-state index >= 15 is 0 Å². The smallest absolute Gasteiger partial charge is 0.324 e. The lowest BCUT2D eigenvalue weighted by Crippen LogP contribution is -2.49. The molecule has 0 bridgehead atoms. The van der Waals surface area contributed by atoms with Crippen LogP contribution in [0.15, 0.2) is 60.0 Å². The first kappa shape index (κ1) is 21.7. The van der Waals surface area contributed by atoms with Crippen molar-refractivity contribution in [2.24, 2.45) is 0 Å². The molecule has 0 atom stereocenters. The van der Waals surface area contributed by atoms with Gasteiger partial charge in [0.25, 0.3) is 0 Å². The fourth-order valence-electron chi connectivity index (χ4n) is 3.53. The van der Waals surface area contributed by atoms with Crippen molar-refractivity contribution in [3.63, 3.8) is 0 Å². The second kappa shape index (κ2) is 9.73. The number of hydrogen-bond acceptors (Lipinski definition) is 3. The Morgan fingerprint density at radius 2 is 1.84 bits per heavy atom. The molecule has 3 aromatic rings. The van der Waals surface area contributed by atoms with E-state index in [0.717, 1.165) is 22.5 Å². The second-order valence-electron chi connectivity index (χ2n) is 7.31. The summed E-state index contributed by atoms with van der Waals surface area (Å²) >= 11 is 13.7. The third kappa shape index (κ3) is 5.39. The maximum Gasteiger partial charge on any atom is 0.324 e. The van der Waals surface area contributed by atoms with Crippen molar-refractivity contribution in [1.82, 2.24) is 4.90 Å². The van der Waals surface area contributed by atoms with E-state index in [2.05, 4.69) is 5.32 Å². The summed E-state index contributed by atoms with van der Waals surface area (Å²) in [5, 5.41) is 5.84. The van der Waals surface area contributed by atoms with E-state index in [9.17, 15) is 9.59 Å². The van der Waals surface area contributed by atoms with Crippen LogP contribution in [-0.2, 0) is 17.8 Å². The Kier molecular flexibility index (Phi) is 6.80. The molecule has 0 spiro atoms. The average Bonchev–Trinajstić information content (AvgIpc) is 3.26. The molecule has 0 saturated carbocycles. The van der Waals surface area contributed by atoms with Crippen LogP contribution in [0.25, 0.3) is 0 Å². The summed E-state index contributed by atoms with van der Waals surface area (Å²) in [6.07, 6.45) is 1.22. The molecule has 1 aromatic heterocycles. The van der Waals surface area contributed by atoms with Crippen LogP contribution in [0.3, 0.4) is 0 Å². The Hall–Kier alpha value is -2.54. The molecule has 2 aromatic carbocycles. The Bertz CT molecular complexity index is 1070. The van der Waals surface area contributed by atoms with Gasteiger partial charge in [0, 0.05) is 35.9 Å². The van der Waals surface area contributed by atoms with E-state index in [0.29, 0.717) is 41.8 Å². The number of nitrogens with one attached hydrogen (secondary N) is 1. The Balaban J connectivity index is 1.39. The zero-order valence-corrected chi connectivity index (χ0v) is 19.0. The summed E-state index contributed by atoms with van der Waals surface area (Å²) in [6, 6.07) is 16.6. The molecule has 1 aliphatic rings. The molecule has 1 saturated heterocycles. The van der Waals surface area contributed by atoms with E-state index < -0.39 is 0 Å². The number of halogens is 2. The lowest BCUT2D eigenvalue weighted by molar-refractivity contribution is -0.115. The van der Waals surface area contributed by atoms with Gasteiger partial charge in [-0.15, -0.1) is 11.3 Å². The van der Waals surface area contributed by atoms with Gasteiger partial charge in [-0.1, -0.05) is 35.3 Å². The summed E-state index contributed by atoms with van der Waals surface area (Å²) < 4.78 is 0. The molecule has 31 heavy (non-hydrogen) atoms. The predicted octanol–water partition coefficient (Wildman–Crippen LogP) is 6.07. The number of urea groups is 1. The molecule has 0 unspecified atom stereocenters. The van der Waals surface area contributed by atoms with Gasteiger partial charge < -0.3 is 10.2 Å². The van der Waals surface area contributed by atoms with Gasteiger partial charge in [-0.3, -0.25) is 9.69 Å². The second-order valence-corrected chi connectivity index (χ2v) is 9.16. The van der Waals surface area contributed by atoms with E-state index in [4.69, 9.17) is 23.2 Å². The summed E-state index contributed by atoms with van der Waals surface area (Å²) in [5.41, 5.74) is 2.45. The van der Waals surface area contributed by atoms with Crippen LogP contribution in [0.2, 0.25) is 10.0 Å². The lowest BCUT2D eigenvalue weighted by atomic mass is 10.1. The highest BCUT2D eigenvalue weighted by molar-refractivity contribution is 7.10. The van der Waals surface area contributed by atoms with Gasteiger partial charge in [-0.2, -0.15) is 0 Å². The summed E-state index contributed by atoms with van der Waals surface area (Å²) in [7, 11) is 0. The number of carbonyl (C=O) groups excluding carboxylic acids is 2. The third-order valence-electron chi connectivity index (χ3n) is 5.05. The molecular formula is C23H21Cl2N3O2S. The number of hydrogen-bond donors (Lipinski definition) is 1. The number of thiophene rings is 1. The van der Waals surface area contributed by atoms with Crippen LogP contribution in [-0.4, -0.2) is 29.9 Å². The topological polar surface area (TPSA) is 52.7 Å². The molecule has 160 valence electrons. The summed E-state index contributed by atoms with van der Waals surface area (Å²) in [5.74, 6) is -0.0583. The average molecular weight is 474 g/mol. The van der Waals surface area contributed by atoms with Crippen molar-refractivity contribution in [3.05, 3.63) is 80.5 Å². The van der Waals surface area contributed by atoms with Crippen molar-refractivity contribution < 1.29 is 9.59 Å². The molecule has 5 nitrogen and oxygen atoms in total. The maximum atomic E-state index is 13.0. The third-order valence-corrected chi connectivity index (χ3v) is 6.66. The molecule has 4 rings (SSSR count). The zero-order valence-electron chi connectivity index (χ0n) is 16.7. The number of nitrogens with zero attached hydrogens (tertiary/aromatic N) is 2. The number of amides is 3. The van der Waals surface area contributed by atoms with Crippen molar-refractivity contribution in [1.29, 1.82) is 0 Å². The van der Waals surface area contributed by atoms with Gasteiger partial charge in [-0.05, 0) is 59.8 Å². The van der Waals surface area contributed by atoms with E-state index in [1.54, 1.807) is 33.3 Å². The van der Waals surface area contributed by atoms with Gasteiger partial charge >= 0.3 is 6.03 Å². The minimum atomic E-state index is -0.0583.